The van der Waals surface area contributed by atoms with Gasteiger partial charge in [-0.3, -0.25) is 4.79 Å². The summed E-state index contributed by atoms with van der Waals surface area (Å²) in [6, 6.07) is 11.3. The van der Waals surface area contributed by atoms with E-state index in [9.17, 15) is 4.79 Å². The van der Waals surface area contributed by atoms with Gasteiger partial charge in [0.15, 0.2) is 0 Å². The van der Waals surface area contributed by atoms with E-state index < -0.39 is 0 Å². The topological polar surface area (TPSA) is 46.3 Å². The second kappa shape index (κ2) is 7.49. The Hall–Kier alpha value is -0.760. The monoisotopic (exact) mass is 446 g/mol. The zero-order valence-electron chi connectivity index (χ0n) is 10.9. The number of benzene rings is 1. The van der Waals surface area contributed by atoms with E-state index >= 15 is 0 Å². The van der Waals surface area contributed by atoms with Gasteiger partial charge < -0.3 is 10.6 Å². The molecule has 1 aromatic carbocycles. The molecule has 7 heteroatoms. The maximum atomic E-state index is 12.7. The number of amides is 1. The Labute approximate surface area is 149 Å². The second-order valence-corrected chi connectivity index (χ2v) is 7.99. The molecule has 2 rings (SSSR count). The first kappa shape index (κ1) is 16.6. The van der Waals surface area contributed by atoms with Gasteiger partial charge in [-0.25, -0.2) is 0 Å². The highest BCUT2D eigenvalue weighted by Crippen LogP contribution is 2.33. The zero-order chi connectivity index (χ0) is 15.4. The van der Waals surface area contributed by atoms with E-state index in [0.717, 1.165) is 13.9 Å². The summed E-state index contributed by atoms with van der Waals surface area (Å²) in [5, 5.41) is 0. The first-order valence-electron chi connectivity index (χ1n) is 6.09. The van der Waals surface area contributed by atoms with Crippen molar-refractivity contribution in [1.82, 2.24) is 0 Å². The highest BCUT2D eigenvalue weighted by atomic mass is 79.9. The smallest absolute Gasteiger partial charge is 0.268 e. The molecule has 3 nitrogen and oxygen atoms in total. The largest absolute Gasteiger partial charge is 0.393 e. The summed E-state index contributed by atoms with van der Waals surface area (Å²) in [6.45, 7) is 0.464. The van der Waals surface area contributed by atoms with E-state index in [1.54, 1.807) is 4.90 Å². The minimum atomic E-state index is -0.0612. The molecule has 21 heavy (non-hydrogen) atoms. The van der Waals surface area contributed by atoms with Crippen molar-refractivity contribution in [1.29, 1.82) is 0 Å². The summed E-state index contributed by atoms with van der Waals surface area (Å²) in [4.78, 5) is 15.5. The minimum absolute atomic E-state index is 0.0612. The van der Waals surface area contributed by atoms with E-state index in [2.05, 4.69) is 31.9 Å². The maximum absolute atomic E-state index is 12.7. The van der Waals surface area contributed by atoms with Crippen LogP contribution in [0.4, 0.5) is 5.69 Å². The number of anilines is 1. The Balaban J connectivity index is 2.30. The lowest BCUT2D eigenvalue weighted by Crippen LogP contribution is -2.33. The van der Waals surface area contributed by atoms with Crippen molar-refractivity contribution in [3.8, 4) is 0 Å². The van der Waals surface area contributed by atoms with Crippen molar-refractivity contribution < 1.29 is 4.79 Å². The summed E-state index contributed by atoms with van der Waals surface area (Å²) in [5.41, 5.74) is 6.40. The molecule has 0 aliphatic heterocycles. The second-order valence-electron chi connectivity index (χ2n) is 4.24. The third kappa shape index (κ3) is 4.35. The van der Waals surface area contributed by atoms with Gasteiger partial charge in [-0.15, -0.1) is 11.3 Å². The fourth-order valence-electron chi connectivity index (χ4n) is 1.76. The number of thiocarbonyl (C=S) groups is 1. The Bertz CT molecular complexity index is 639. The average molecular weight is 448 g/mol. The van der Waals surface area contributed by atoms with Crippen LogP contribution in [0, 0.1) is 0 Å². The summed E-state index contributed by atoms with van der Waals surface area (Å²) >= 11 is 13.1. The molecular formula is C14H12Br2N2OS2. The van der Waals surface area contributed by atoms with Gasteiger partial charge in [0.25, 0.3) is 5.91 Å². The van der Waals surface area contributed by atoms with Gasteiger partial charge in [0.05, 0.1) is 13.7 Å². The molecule has 1 aromatic heterocycles. The Morgan fingerprint density at radius 3 is 2.48 bits per heavy atom. The first-order chi connectivity index (χ1) is 9.99. The fraction of sp³-hybridized carbons (Fsp3) is 0.143. The quantitative estimate of drug-likeness (QED) is 0.681. The van der Waals surface area contributed by atoms with E-state index in [1.165, 1.54) is 11.3 Å². The predicted molar refractivity (Wildman–Crippen MR) is 99.2 cm³/mol. The molecule has 0 radical (unpaired) electrons. The van der Waals surface area contributed by atoms with Crippen LogP contribution in [0.5, 0.6) is 0 Å². The molecule has 2 N–H and O–H groups in total. The van der Waals surface area contributed by atoms with E-state index in [1.807, 2.05) is 36.4 Å². The number of nitrogens with zero attached hydrogens (tertiary/aromatic N) is 1. The number of halogens is 2. The molecule has 1 heterocycles. The summed E-state index contributed by atoms with van der Waals surface area (Å²) < 4.78 is 1.77. The van der Waals surface area contributed by atoms with Crippen molar-refractivity contribution in [3.63, 3.8) is 0 Å². The average Bonchev–Trinajstić information content (AvgIpc) is 2.79. The number of rotatable bonds is 5. The number of nitrogens with two attached hydrogens (primary N) is 1. The minimum Gasteiger partial charge on any atom is -0.393 e. The van der Waals surface area contributed by atoms with Crippen LogP contribution < -0.4 is 10.6 Å². The number of hydrogen-bond donors (Lipinski definition) is 1. The van der Waals surface area contributed by atoms with Gasteiger partial charge in [-0.1, -0.05) is 30.4 Å². The van der Waals surface area contributed by atoms with E-state index in [4.69, 9.17) is 18.0 Å². The van der Waals surface area contributed by atoms with Gasteiger partial charge in [0, 0.05) is 23.1 Å². The molecule has 0 saturated heterocycles. The molecule has 0 spiro atoms. The number of thiophene rings is 1. The van der Waals surface area contributed by atoms with Crippen LogP contribution in [0.2, 0.25) is 0 Å². The van der Waals surface area contributed by atoms with Crippen molar-refractivity contribution in [2.24, 2.45) is 5.73 Å². The molecule has 0 aliphatic rings. The van der Waals surface area contributed by atoms with Crippen LogP contribution in [-0.4, -0.2) is 17.4 Å². The molecule has 0 atom stereocenters. The van der Waals surface area contributed by atoms with E-state index in [0.29, 0.717) is 22.8 Å². The van der Waals surface area contributed by atoms with Crippen molar-refractivity contribution in [2.45, 2.75) is 6.42 Å². The molecular weight excluding hydrogens is 436 g/mol. The van der Waals surface area contributed by atoms with Gasteiger partial charge >= 0.3 is 0 Å². The molecule has 110 valence electrons. The number of carbonyl (C=O) groups excluding carboxylic acids is 1. The molecule has 2 aromatic rings. The Morgan fingerprint density at radius 1 is 1.29 bits per heavy atom. The summed E-state index contributed by atoms with van der Waals surface area (Å²) in [7, 11) is 0. The Morgan fingerprint density at radius 2 is 1.95 bits per heavy atom. The van der Waals surface area contributed by atoms with Crippen LogP contribution in [-0.2, 0) is 0 Å². The zero-order valence-corrected chi connectivity index (χ0v) is 15.7. The fourth-order valence-corrected chi connectivity index (χ4v) is 3.84. The van der Waals surface area contributed by atoms with Gasteiger partial charge in [0.2, 0.25) is 0 Å². The van der Waals surface area contributed by atoms with Crippen LogP contribution >= 0.6 is 55.4 Å². The maximum Gasteiger partial charge on any atom is 0.268 e. The van der Waals surface area contributed by atoms with Crippen molar-refractivity contribution >= 4 is 72.0 Å². The summed E-state index contributed by atoms with van der Waals surface area (Å²) in [5.74, 6) is -0.0612. The lowest BCUT2D eigenvalue weighted by Gasteiger charge is -2.22. The Kier molecular flexibility index (Phi) is 5.92. The number of carbonyl (C=O) groups is 1. The van der Waals surface area contributed by atoms with Gasteiger partial charge in [-0.05, 0) is 50.1 Å². The van der Waals surface area contributed by atoms with Crippen LogP contribution in [0.25, 0.3) is 0 Å². The van der Waals surface area contributed by atoms with Crippen LogP contribution in [0.1, 0.15) is 16.1 Å². The molecule has 0 bridgehead atoms. The number of hydrogen-bond acceptors (Lipinski definition) is 3. The van der Waals surface area contributed by atoms with Crippen LogP contribution in [0.15, 0.2) is 44.7 Å². The van der Waals surface area contributed by atoms with Crippen LogP contribution in [0.3, 0.4) is 0 Å². The molecule has 0 unspecified atom stereocenters. The lowest BCUT2D eigenvalue weighted by molar-refractivity contribution is 0.0991. The van der Waals surface area contributed by atoms with E-state index in [-0.39, 0.29) is 5.91 Å². The third-order valence-electron chi connectivity index (χ3n) is 2.75. The highest BCUT2D eigenvalue weighted by Gasteiger charge is 2.20. The molecule has 0 fully saturated rings. The normalized spacial score (nSPS) is 10.4. The number of para-hydroxylation sites is 1. The lowest BCUT2D eigenvalue weighted by atomic mass is 10.2. The van der Waals surface area contributed by atoms with Gasteiger partial charge in [-0.2, -0.15) is 0 Å². The molecule has 0 saturated carbocycles. The van der Waals surface area contributed by atoms with Gasteiger partial charge in [0.1, 0.15) is 0 Å². The highest BCUT2D eigenvalue weighted by molar-refractivity contribution is 9.13. The standard InChI is InChI=1S/C14H12Br2N2OS2/c15-10-8-11(21-13(10)16)14(19)18(7-6-12(17)20)9-4-2-1-3-5-9/h1-5,8H,6-7H2,(H2,17,20). The van der Waals surface area contributed by atoms with Crippen molar-refractivity contribution in [2.75, 3.05) is 11.4 Å². The summed E-state index contributed by atoms with van der Waals surface area (Å²) in [6.07, 6.45) is 0.490. The molecule has 1 amide bonds. The SMILES string of the molecule is NC(=S)CCN(C(=O)c1cc(Br)c(Br)s1)c1ccccc1. The first-order valence-corrected chi connectivity index (χ1v) is 8.90. The van der Waals surface area contributed by atoms with Crippen molar-refractivity contribution in [3.05, 3.63) is 49.5 Å². The predicted octanol–water partition coefficient (Wildman–Crippen LogP) is 4.60. The molecule has 0 aliphatic carbocycles. The third-order valence-corrected chi connectivity index (χ3v) is 6.20.